The lowest BCUT2D eigenvalue weighted by Gasteiger charge is -2.15. The molecular weight excluding hydrogens is 229 g/mol. The molecule has 82 valence electrons. The standard InChI is InChI=1S/C9H7F3N2.ClH/c10-9(11,12)8(14)7-3-1-2-6(4-7)5-13;/h1-4,8H,14H2;1H/t8-;/m0./s1. The molecule has 0 bridgehead atoms. The molecule has 0 spiro atoms. The van der Waals surface area contributed by atoms with E-state index in [1.165, 1.54) is 18.2 Å². The van der Waals surface area contributed by atoms with Crippen LogP contribution in [0.5, 0.6) is 0 Å². The number of halogens is 4. The lowest BCUT2D eigenvalue weighted by Crippen LogP contribution is -2.28. The van der Waals surface area contributed by atoms with Crippen molar-refractivity contribution in [3.63, 3.8) is 0 Å². The molecule has 2 nitrogen and oxygen atoms in total. The van der Waals surface area contributed by atoms with Crippen molar-refractivity contribution >= 4 is 12.4 Å². The summed E-state index contributed by atoms with van der Waals surface area (Å²) in [4.78, 5) is 0. The van der Waals surface area contributed by atoms with E-state index < -0.39 is 12.2 Å². The van der Waals surface area contributed by atoms with E-state index in [2.05, 4.69) is 0 Å². The molecule has 0 fully saturated rings. The summed E-state index contributed by atoms with van der Waals surface area (Å²) in [5.74, 6) is 0. The van der Waals surface area contributed by atoms with Crippen molar-refractivity contribution in [2.24, 2.45) is 5.73 Å². The molecule has 0 aliphatic carbocycles. The largest absolute Gasteiger partial charge is 0.407 e. The Morgan fingerprint density at radius 1 is 1.33 bits per heavy atom. The van der Waals surface area contributed by atoms with Crippen molar-refractivity contribution < 1.29 is 13.2 Å². The Balaban J connectivity index is 0.00000196. The molecule has 0 aliphatic rings. The van der Waals surface area contributed by atoms with Crippen LogP contribution in [0, 0.1) is 11.3 Å². The Morgan fingerprint density at radius 2 is 1.93 bits per heavy atom. The summed E-state index contributed by atoms with van der Waals surface area (Å²) in [6.07, 6.45) is -4.48. The number of nitriles is 1. The first kappa shape index (κ1) is 13.8. The van der Waals surface area contributed by atoms with E-state index in [9.17, 15) is 13.2 Å². The molecule has 0 saturated heterocycles. The van der Waals surface area contributed by atoms with E-state index in [0.29, 0.717) is 0 Å². The van der Waals surface area contributed by atoms with Crippen LogP contribution in [0.2, 0.25) is 0 Å². The summed E-state index contributed by atoms with van der Waals surface area (Å²) in [5, 5.41) is 8.47. The maximum absolute atomic E-state index is 12.2. The van der Waals surface area contributed by atoms with Crippen molar-refractivity contribution in [3.8, 4) is 6.07 Å². The summed E-state index contributed by atoms with van der Waals surface area (Å²) < 4.78 is 36.5. The summed E-state index contributed by atoms with van der Waals surface area (Å²) in [6, 6.07) is 4.90. The van der Waals surface area contributed by atoms with Crippen LogP contribution in [0.25, 0.3) is 0 Å². The second-order valence-corrected chi connectivity index (χ2v) is 2.76. The highest BCUT2D eigenvalue weighted by Crippen LogP contribution is 2.30. The van der Waals surface area contributed by atoms with Gasteiger partial charge < -0.3 is 5.73 Å². The number of nitrogens with zero attached hydrogens (tertiary/aromatic N) is 1. The van der Waals surface area contributed by atoms with Crippen molar-refractivity contribution in [1.29, 1.82) is 5.26 Å². The highest BCUT2D eigenvalue weighted by molar-refractivity contribution is 5.85. The van der Waals surface area contributed by atoms with Gasteiger partial charge >= 0.3 is 6.18 Å². The molecule has 2 N–H and O–H groups in total. The molecule has 1 atom stereocenters. The Kier molecular flexibility index (Phi) is 4.59. The number of rotatable bonds is 1. The van der Waals surface area contributed by atoms with Gasteiger partial charge in [-0.15, -0.1) is 12.4 Å². The molecule has 0 amide bonds. The minimum atomic E-state index is -4.48. The van der Waals surface area contributed by atoms with Crippen LogP contribution < -0.4 is 5.73 Å². The van der Waals surface area contributed by atoms with Crippen LogP contribution in [-0.4, -0.2) is 6.18 Å². The Morgan fingerprint density at radius 3 is 2.40 bits per heavy atom. The fourth-order valence-corrected chi connectivity index (χ4v) is 0.991. The molecule has 1 rings (SSSR count). The zero-order chi connectivity index (χ0) is 10.8. The van der Waals surface area contributed by atoms with Crippen LogP contribution in [0.4, 0.5) is 13.2 Å². The maximum Gasteiger partial charge on any atom is 0.407 e. The van der Waals surface area contributed by atoms with Crippen LogP contribution in [0.15, 0.2) is 24.3 Å². The van der Waals surface area contributed by atoms with Gasteiger partial charge in [-0.3, -0.25) is 0 Å². The summed E-state index contributed by atoms with van der Waals surface area (Å²) in [6.45, 7) is 0. The third kappa shape index (κ3) is 3.42. The van der Waals surface area contributed by atoms with Crippen LogP contribution in [0.1, 0.15) is 17.2 Å². The molecule has 0 unspecified atom stereocenters. The molecule has 15 heavy (non-hydrogen) atoms. The predicted octanol–water partition coefficient (Wildman–Crippen LogP) is 2.54. The lowest BCUT2D eigenvalue weighted by atomic mass is 10.0. The number of alkyl halides is 3. The lowest BCUT2D eigenvalue weighted by molar-refractivity contribution is -0.149. The van der Waals surface area contributed by atoms with E-state index in [0.717, 1.165) is 6.07 Å². The molecule has 0 aliphatic heterocycles. The van der Waals surface area contributed by atoms with Crippen LogP contribution in [0.3, 0.4) is 0 Å². The van der Waals surface area contributed by atoms with Crippen molar-refractivity contribution in [1.82, 2.24) is 0 Å². The van der Waals surface area contributed by atoms with Gasteiger partial charge in [0.15, 0.2) is 0 Å². The van der Waals surface area contributed by atoms with Gasteiger partial charge in [0.25, 0.3) is 0 Å². The Hall–Kier alpha value is -1.25. The zero-order valence-electron chi connectivity index (χ0n) is 7.45. The van der Waals surface area contributed by atoms with Gasteiger partial charge in [-0.25, -0.2) is 0 Å². The molecule has 1 aromatic carbocycles. The molecule has 0 radical (unpaired) electrons. The van der Waals surface area contributed by atoms with Gasteiger partial charge in [-0.05, 0) is 17.7 Å². The number of hydrogen-bond donors (Lipinski definition) is 1. The Labute approximate surface area is 90.9 Å². The van der Waals surface area contributed by atoms with E-state index in [-0.39, 0.29) is 23.5 Å². The number of benzene rings is 1. The van der Waals surface area contributed by atoms with Gasteiger partial charge in [0.2, 0.25) is 0 Å². The third-order valence-electron chi connectivity index (χ3n) is 1.73. The molecule has 0 heterocycles. The quantitative estimate of drug-likeness (QED) is 0.815. The molecule has 1 aromatic rings. The van der Waals surface area contributed by atoms with Gasteiger partial charge in [-0.2, -0.15) is 18.4 Å². The van der Waals surface area contributed by atoms with E-state index in [1.54, 1.807) is 6.07 Å². The first-order chi connectivity index (χ1) is 6.45. The van der Waals surface area contributed by atoms with Gasteiger partial charge in [0.05, 0.1) is 11.6 Å². The minimum Gasteiger partial charge on any atom is -0.316 e. The smallest absolute Gasteiger partial charge is 0.316 e. The highest BCUT2D eigenvalue weighted by atomic mass is 35.5. The second kappa shape index (κ2) is 5.01. The SMILES string of the molecule is Cl.N#Cc1cccc([C@H](N)C(F)(F)F)c1. The van der Waals surface area contributed by atoms with Crippen molar-refractivity contribution in [3.05, 3.63) is 35.4 Å². The van der Waals surface area contributed by atoms with Gasteiger partial charge in [0, 0.05) is 0 Å². The Bertz CT molecular complexity index is 370. The predicted molar refractivity (Wildman–Crippen MR) is 51.4 cm³/mol. The highest BCUT2D eigenvalue weighted by Gasteiger charge is 2.37. The van der Waals surface area contributed by atoms with Gasteiger partial charge in [0.1, 0.15) is 6.04 Å². The number of nitrogens with two attached hydrogens (primary N) is 1. The van der Waals surface area contributed by atoms with Crippen molar-refractivity contribution in [2.45, 2.75) is 12.2 Å². The monoisotopic (exact) mass is 236 g/mol. The normalized spacial score (nSPS) is 12.5. The summed E-state index contributed by atoms with van der Waals surface area (Å²) >= 11 is 0. The first-order valence-corrected chi connectivity index (χ1v) is 3.77. The summed E-state index contributed by atoms with van der Waals surface area (Å²) in [5.41, 5.74) is 5.03. The topological polar surface area (TPSA) is 49.8 Å². The maximum atomic E-state index is 12.2. The van der Waals surface area contributed by atoms with Crippen LogP contribution in [-0.2, 0) is 0 Å². The molecular formula is C9H8ClF3N2. The summed E-state index contributed by atoms with van der Waals surface area (Å²) in [7, 11) is 0. The third-order valence-corrected chi connectivity index (χ3v) is 1.73. The molecule has 6 heteroatoms. The second-order valence-electron chi connectivity index (χ2n) is 2.76. The van der Waals surface area contributed by atoms with Crippen molar-refractivity contribution in [2.75, 3.05) is 0 Å². The minimum absolute atomic E-state index is 0. The van der Waals surface area contributed by atoms with E-state index in [4.69, 9.17) is 11.0 Å². The fraction of sp³-hybridized carbons (Fsp3) is 0.222. The average molecular weight is 237 g/mol. The molecule has 0 aromatic heterocycles. The van der Waals surface area contributed by atoms with E-state index in [1.807, 2.05) is 0 Å². The average Bonchev–Trinajstić information content (AvgIpc) is 2.15. The molecule has 0 saturated carbocycles. The zero-order valence-corrected chi connectivity index (χ0v) is 8.27. The fourth-order valence-electron chi connectivity index (χ4n) is 0.991. The van der Waals surface area contributed by atoms with E-state index >= 15 is 0 Å². The number of hydrogen-bond acceptors (Lipinski definition) is 2. The van der Waals surface area contributed by atoms with Gasteiger partial charge in [-0.1, -0.05) is 12.1 Å². The van der Waals surface area contributed by atoms with Crippen LogP contribution >= 0.6 is 12.4 Å². The first-order valence-electron chi connectivity index (χ1n) is 3.77.